The summed E-state index contributed by atoms with van der Waals surface area (Å²) in [5, 5.41) is 0. The Labute approximate surface area is 198 Å². The van der Waals surface area contributed by atoms with Crippen molar-refractivity contribution in [3.63, 3.8) is 0 Å². The Kier molecular flexibility index (Phi) is 24.0. The van der Waals surface area contributed by atoms with Gasteiger partial charge in [-0.3, -0.25) is 9.80 Å². The second kappa shape index (κ2) is 24.3. The van der Waals surface area contributed by atoms with Gasteiger partial charge in [0.25, 0.3) is 0 Å². The van der Waals surface area contributed by atoms with Gasteiger partial charge in [0, 0.05) is 0 Å². The molecular formula is C29H60N2. The van der Waals surface area contributed by atoms with Crippen molar-refractivity contribution in [1.82, 2.24) is 9.80 Å². The lowest BCUT2D eigenvalue weighted by molar-refractivity contribution is 0.0697. The summed E-state index contributed by atoms with van der Waals surface area (Å²) in [7, 11) is 0. The van der Waals surface area contributed by atoms with Gasteiger partial charge in [-0.05, 0) is 64.7 Å². The first-order valence-corrected chi connectivity index (χ1v) is 14.4. The van der Waals surface area contributed by atoms with Crippen LogP contribution in [0, 0.1) is 0 Å². The number of hydrogen-bond acceptors (Lipinski definition) is 2. The predicted octanol–water partition coefficient (Wildman–Crippen LogP) is 9.20. The predicted molar refractivity (Wildman–Crippen MR) is 143 cm³/mol. The van der Waals surface area contributed by atoms with Crippen LogP contribution in [0.5, 0.6) is 0 Å². The normalized spacial score (nSPS) is 12.3. The lowest BCUT2D eigenvalue weighted by Gasteiger charge is -2.38. The summed E-state index contributed by atoms with van der Waals surface area (Å²) in [6.07, 6.45) is 28.6. The molecule has 0 saturated heterocycles. The number of hydrogen-bond donors (Lipinski definition) is 0. The third-order valence-electron chi connectivity index (χ3n) is 6.48. The zero-order valence-electron chi connectivity index (χ0n) is 22.5. The van der Waals surface area contributed by atoms with E-state index in [2.05, 4.69) is 56.6 Å². The maximum atomic E-state index is 2.79. The van der Waals surface area contributed by atoms with E-state index in [1.807, 2.05) is 0 Å². The monoisotopic (exact) mass is 436 g/mol. The molecule has 0 atom stereocenters. The van der Waals surface area contributed by atoms with Crippen molar-refractivity contribution in [2.24, 2.45) is 0 Å². The Hall–Kier alpha value is -0.340. The Bertz CT molecular complexity index is 330. The number of allylic oxidation sites excluding steroid dienone is 1. The Morgan fingerprint density at radius 2 is 0.806 bits per heavy atom. The third-order valence-corrected chi connectivity index (χ3v) is 6.48. The largest absolute Gasteiger partial charge is 0.285 e. The van der Waals surface area contributed by atoms with Crippen LogP contribution in [-0.4, -0.2) is 42.1 Å². The van der Waals surface area contributed by atoms with Crippen molar-refractivity contribution >= 4 is 0 Å². The maximum Gasteiger partial charge on any atom is 0.0814 e. The van der Waals surface area contributed by atoms with Crippen molar-refractivity contribution < 1.29 is 0 Å². The highest BCUT2D eigenvalue weighted by Gasteiger charge is 2.21. The molecule has 0 radical (unpaired) electrons. The molecule has 0 aromatic heterocycles. The Balaban J connectivity index is 4.85. The van der Waals surface area contributed by atoms with Crippen LogP contribution >= 0.6 is 0 Å². The molecule has 0 unspecified atom stereocenters. The lowest BCUT2D eigenvalue weighted by Crippen LogP contribution is -2.48. The second-order valence-corrected chi connectivity index (χ2v) is 9.59. The summed E-state index contributed by atoms with van der Waals surface area (Å²) in [5.41, 5.74) is 0. The minimum Gasteiger partial charge on any atom is -0.285 e. The van der Waals surface area contributed by atoms with E-state index in [-0.39, 0.29) is 0 Å². The summed E-state index contributed by atoms with van der Waals surface area (Å²) in [5.74, 6) is 0. The fraction of sp³-hybridized carbons (Fsp3) is 0.931. The molecule has 0 aliphatic rings. The molecule has 186 valence electrons. The van der Waals surface area contributed by atoms with Crippen molar-refractivity contribution in [3.05, 3.63) is 12.2 Å². The van der Waals surface area contributed by atoms with Crippen LogP contribution in [0.3, 0.4) is 0 Å². The molecule has 0 N–H and O–H groups in total. The fourth-order valence-corrected chi connectivity index (χ4v) is 4.29. The molecule has 2 nitrogen and oxygen atoms in total. The first-order chi connectivity index (χ1) is 15.2. The average molecular weight is 437 g/mol. The first kappa shape index (κ1) is 30.7. The second-order valence-electron chi connectivity index (χ2n) is 9.59. The van der Waals surface area contributed by atoms with Crippen molar-refractivity contribution in [2.75, 3.05) is 26.2 Å². The highest BCUT2D eigenvalue weighted by Crippen LogP contribution is 2.16. The zero-order chi connectivity index (χ0) is 23.0. The standard InChI is InChI=1S/C29H60N2/c1-6-11-16-17-18-19-20-21-22-23-24-29(30(25-12-7-2)26-13-8-3)31(27-14-9-4)28-15-10-5/h23-24,29H,6-22,25-28H2,1-5H3. The molecule has 2 heteroatoms. The van der Waals surface area contributed by atoms with Crippen LogP contribution in [0.15, 0.2) is 12.2 Å². The Morgan fingerprint density at radius 3 is 1.19 bits per heavy atom. The highest BCUT2D eigenvalue weighted by atomic mass is 15.3. The number of nitrogens with zero attached hydrogens (tertiary/aromatic N) is 2. The van der Waals surface area contributed by atoms with Gasteiger partial charge in [0.1, 0.15) is 0 Å². The summed E-state index contributed by atoms with van der Waals surface area (Å²) >= 11 is 0. The van der Waals surface area contributed by atoms with E-state index in [9.17, 15) is 0 Å². The van der Waals surface area contributed by atoms with E-state index in [0.29, 0.717) is 6.17 Å². The smallest absolute Gasteiger partial charge is 0.0814 e. The van der Waals surface area contributed by atoms with Gasteiger partial charge >= 0.3 is 0 Å². The molecule has 31 heavy (non-hydrogen) atoms. The van der Waals surface area contributed by atoms with Crippen molar-refractivity contribution in [3.8, 4) is 0 Å². The van der Waals surface area contributed by atoms with E-state index in [4.69, 9.17) is 0 Å². The Morgan fingerprint density at radius 1 is 0.452 bits per heavy atom. The van der Waals surface area contributed by atoms with Crippen LogP contribution in [0.4, 0.5) is 0 Å². The van der Waals surface area contributed by atoms with Gasteiger partial charge in [-0.15, -0.1) is 0 Å². The highest BCUT2D eigenvalue weighted by molar-refractivity contribution is 4.95. The van der Waals surface area contributed by atoms with E-state index in [0.717, 1.165) is 0 Å². The molecular weight excluding hydrogens is 376 g/mol. The summed E-state index contributed by atoms with van der Waals surface area (Å²) in [6.45, 7) is 16.6. The summed E-state index contributed by atoms with van der Waals surface area (Å²) < 4.78 is 0. The lowest BCUT2D eigenvalue weighted by atomic mass is 10.1. The molecule has 0 amide bonds. The van der Waals surface area contributed by atoms with E-state index >= 15 is 0 Å². The van der Waals surface area contributed by atoms with Crippen molar-refractivity contribution in [1.29, 1.82) is 0 Å². The molecule has 0 spiro atoms. The topological polar surface area (TPSA) is 6.48 Å². The molecule has 0 heterocycles. The van der Waals surface area contributed by atoms with Crippen LogP contribution < -0.4 is 0 Å². The van der Waals surface area contributed by atoms with Gasteiger partial charge in [-0.1, -0.05) is 117 Å². The van der Waals surface area contributed by atoms with E-state index in [1.165, 1.54) is 135 Å². The number of rotatable bonds is 24. The summed E-state index contributed by atoms with van der Waals surface area (Å²) in [6, 6.07) is 0. The zero-order valence-corrected chi connectivity index (χ0v) is 22.5. The molecule has 0 rings (SSSR count). The van der Waals surface area contributed by atoms with Gasteiger partial charge in [0.2, 0.25) is 0 Å². The van der Waals surface area contributed by atoms with Crippen molar-refractivity contribution in [2.45, 2.75) is 150 Å². The maximum absolute atomic E-state index is 2.79. The SMILES string of the molecule is CCCCCCCCCCC=CC(N(CCCC)CCCC)N(CCCC)CCCC. The van der Waals surface area contributed by atoms with Gasteiger partial charge in [-0.2, -0.15) is 0 Å². The van der Waals surface area contributed by atoms with E-state index in [1.54, 1.807) is 0 Å². The molecule has 0 bridgehead atoms. The molecule has 0 fully saturated rings. The van der Waals surface area contributed by atoms with Gasteiger partial charge in [-0.25, -0.2) is 0 Å². The molecule has 0 saturated carbocycles. The van der Waals surface area contributed by atoms with Crippen LogP contribution in [0.25, 0.3) is 0 Å². The minimum absolute atomic E-state index is 0.505. The molecule has 0 aromatic carbocycles. The fourth-order valence-electron chi connectivity index (χ4n) is 4.29. The van der Waals surface area contributed by atoms with Gasteiger partial charge < -0.3 is 0 Å². The minimum atomic E-state index is 0.505. The summed E-state index contributed by atoms with van der Waals surface area (Å²) in [4.78, 5) is 5.59. The molecule has 0 aromatic rings. The molecule has 0 aliphatic carbocycles. The molecule has 0 aliphatic heterocycles. The first-order valence-electron chi connectivity index (χ1n) is 14.4. The van der Waals surface area contributed by atoms with Crippen LogP contribution in [0.1, 0.15) is 144 Å². The van der Waals surface area contributed by atoms with Crippen LogP contribution in [-0.2, 0) is 0 Å². The number of unbranched alkanes of at least 4 members (excludes halogenated alkanes) is 12. The van der Waals surface area contributed by atoms with Gasteiger partial charge in [0.05, 0.1) is 6.17 Å². The van der Waals surface area contributed by atoms with Gasteiger partial charge in [0.15, 0.2) is 0 Å². The quantitative estimate of drug-likeness (QED) is 0.0845. The average Bonchev–Trinajstić information content (AvgIpc) is 2.79. The third kappa shape index (κ3) is 17.8. The van der Waals surface area contributed by atoms with E-state index < -0.39 is 0 Å². The van der Waals surface area contributed by atoms with Crippen LogP contribution in [0.2, 0.25) is 0 Å².